The molecule has 6 N–H and O–H groups in total. The fourth-order valence-corrected chi connectivity index (χ4v) is 1.79. The van der Waals surface area contributed by atoms with Gasteiger partial charge in [-0.1, -0.05) is 6.07 Å². The molecule has 0 saturated heterocycles. The summed E-state index contributed by atoms with van der Waals surface area (Å²) in [6.07, 6.45) is 1.75. The van der Waals surface area contributed by atoms with E-state index < -0.39 is 5.97 Å². The van der Waals surface area contributed by atoms with Crippen LogP contribution in [-0.4, -0.2) is 93.7 Å². The van der Waals surface area contributed by atoms with Gasteiger partial charge < -0.3 is 30.6 Å². The first kappa shape index (κ1) is 22.8. The molecule has 0 spiro atoms. The van der Waals surface area contributed by atoms with Crippen molar-refractivity contribution in [2.24, 2.45) is 4.99 Å². The lowest BCUT2D eigenvalue weighted by Crippen LogP contribution is -2.32. The summed E-state index contributed by atoms with van der Waals surface area (Å²) in [6.45, 7) is 1.47. The van der Waals surface area contributed by atoms with Gasteiger partial charge in [0.1, 0.15) is 18.0 Å². The van der Waals surface area contributed by atoms with Crippen LogP contribution < -0.4 is 0 Å². The third kappa shape index (κ3) is 11.9. The molecule has 0 radical (unpaired) electrons. The van der Waals surface area contributed by atoms with E-state index in [9.17, 15) is 9.90 Å². The summed E-state index contributed by atoms with van der Waals surface area (Å²) < 4.78 is 0. The number of aliphatic carboxylic acids is 1. The molecule has 0 atom stereocenters. The molecule has 9 heteroatoms. The van der Waals surface area contributed by atoms with E-state index in [1.165, 1.54) is 18.3 Å². The summed E-state index contributed by atoms with van der Waals surface area (Å²) in [4.78, 5) is 15.5. The molecular formula is C16H26N2O7. The number of aliphatic hydroxyl groups excluding tert-OH is 3. The first-order valence-electron chi connectivity index (χ1n) is 7.70. The number of hydrogen-bond donors (Lipinski definition) is 6. The van der Waals surface area contributed by atoms with E-state index in [0.29, 0.717) is 31.6 Å². The van der Waals surface area contributed by atoms with Gasteiger partial charge in [0, 0.05) is 38.3 Å². The SMILES string of the molecule is O=C(O)CN=CCc1ccc(O)cc1O.OCCN(CCO)CCO. The van der Waals surface area contributed by atoms with E-state index in [-0.39, 0.29) is 37.9 Å². The average Bonchev–Trinajstić information content (AvgIpc) is 2.54. The Kier molecular flexibility index (Phi) is 12.9. The molecule has 0 bridgehead atoms. The van der Waals surface area contributed by atoms with Gasteiger partial charge in [-0.05, 0) is 11.6 Å². The number of aliphatic imine (C=N–C) groups is 1. The first-order valence-corrected chi connectivity index (χ1v) is 7.70. The molecule has 0 saturated carbocycles. The molecule has 0 amide bonds. The highest BCUT2D eigenvalue weighted by Gasteiger charge is 2.01. The Labute approximate surface area is 146 Å². The molecule has 9 nitrogen and oxygen atoms in total. The Morgan fingerprint density at radius 2 is 1.60 bits per heavy atom. The van der Waals surface area contributed by atoms with Gasteiger partial charge in [0.15, 0.2) is 0 Å². The normalized spacial score (nSPS) is 10.7. The van der Waals surface area contributed by atoms with Gasteiger partial charge in [-0.15, -0.1) is 0 Å². The summed E-state index contributed by atoms with van der Waals surface area (Å²) in [5.74, 6) is -1.04. The minimum Gasteiger partial charge on any atom is -0.508 e. The van der Waals surface area contributed by atoms with Crippen molar-refractivity contribution < 1.29 is 35.4 Å². The van der Waals surface area contributed by atoms with Crippen molar-refractivity contribution in [1.82, 2.24) is 4.90 Å². The van der Waals surface area contributed by atoms with Crippen molar-refractivity contribution in [1.29, 1.82) is 0 Å². The standard InChI is InChI=1S/C10H11NO4.C6H15NO3/c12-8-2-1-7(9(13)5-8)3-4-11-6-10(14)15;8-4-1-7(2-5-9)3-6-10/h1-2,4-5,12-13H,3,6H2,(H,14,15);8-10H,1-6H2. The van der Waals surface area contributed by atoms with Crippen LogP contribution in [0.2, 0.25) is 0 Å². The van der Waals surface area contributed by atoms with Crippen LogP contribution in [-0.2, 0) is 11.2 Å². The van der Waals surface area contributed by atoms with E-state index in [1.54, 1.807) is 11.0 Å². The summed E-state index contributed by atoms with van der Waals surface area (Å²) in [7, 11) is 0. The smallest absolute Gasteiger partial charge is 0.325 e. The van der Waals surface area contributed by atoms with E-state index in [2.05, 4.69) is 4.99 Å². The summed E-state index contributed by atoms with van der Waals surface area (Å²) in [5.41, 5.74) is 0.585. The Morgan fingerprint density at radius 3 is 2.04 bits per heavy atom. The molecule has 1 aromatic carbocycles. The Hall–Kier alpha value is -2.20. The molecule has 0 fully saturated rings. The number of hydrogen-bond acceptors (Lipinski definition) is 8. The van der Waals surface area contributed by atoms with Gasteiger partial charge in [0.2, 0.25) is 0 Å². The molecule has 142 valence electrons. The molecule has 0 aliphatic heterocycles. The van der Waals surface area contributed by atoms with Crippen molar-refractivity contribution in [2.45, 2.75) is 6.42 Å². The highest BCUT2D eigenvalue weighted by molar-refractivity contribution is 5.72. The number of phenols is 2. The Balaban J connectivity index is 0.000000504. The maximum Gasteiger partial charge on any atom is 0.325 e. The predicted octanol–water partition coefficient (Wildman–Crippen LogP) is -0.939. The number of benzene rings is 1. The predicted molar refractivity (Wildman–Crippen MR) is 92.2 cm³/mol. The minimum atomic E-state index is -0.999. The Bertz CT molecular complexity index is 509. The second kappa shape index (κ2) is 14.2. The highest BCUT2D eigenvalue weighted by atomic mass is 16.4. The average molecular weight is 358 g/mol. The first-order chi connectivity index (χ1) is 11.9. The second-order valence-corrected chi connectivity index (χ2v) is 4.95. The highest BCUT2D eigenvalue weighted by Crippen LogP contribution is 2.22. The quantitative estimate of drug-likeness (QED) is 0.293. The van der Waals surface area contributed by atoms with Crippen LogP contribution in [0.5, 0.6) is 11.5 Å². The van der Waals surface area contributed by atoms with Gasteiger partial charge >= 0.3 is 5.97 Å². The molecule has 0 aromatic heterocycles. The number of aromatic hydroxyl groups is 2. The van der Waals surface area contributed by atoms with Crippen molar-refractivity contribution >= 4 is 12.2 Å². The van der Waals surface area contributed by atoms with Crippen molar-refractivity contribution in [3.05, 3.63) is 23.8 Å². The summed E-state index contributed by atoms with van der Waals surface area (Å²) in [5, 5.41) is 52.1. The van der Waals surface area contributed by atoms with Crippen molar-refractivity contribution in [3.63, 3.8) is 0 Å². The maximum absolute atomic E-state index is 10.1. The molecule has 0 unspecified atom stereocenters. The van der Waals surface area contributed by atoms with Crippen molar-refractivity contribution in [2.75, 3.05) is 46.0 Å². The van der Waals surface area contributed by atoms with Crippen LogP contribution in [0.15, 0.2) is 23.2 Å². The largest absolute Gasteiger partial charge is 0.508 e. The lowest BCUT2D eigenvalue weighted by atomic mass is 10.1. The molecule has 0 aliphatic rings. The van der Waals surface area contributed by atoms with E-state index in [4.69, 9.17) is 25.5 Å². The lowest BCUT2D eigenvalue weighted by molar-refractivity contribution is -0.135. The fraction of sp³-hybridized carbons (Fsp3) is 0.500. The minimum absolute atomic E-state index is 0.0151. The number of nitrogens with zero attached hydrogens (tertiary/aromatic N) is 2. The van der Waals surface area contributed by atoms with Crippen LogP contribution in [0.1, 0.15) is 5.56 Å². The number of carboxylic acid groups (broad SMARTS) is 1. The number of rotatable bonds is 10. The zero-order valence-electron chi connectivity index (χ0n) is 14.0. The fourth-order valence-electron chi connectivity index (χ4n) is 1.79. The molecule has 1 rings (SSSR count). The summed E-state index contributed by atoms with van der Waals surface area (Å²) in [6, 6.07) is 4.22. The monoisotopic (exact) mass is 358 g/mol. The molecule has 25 heavy (non-hydrogen) atoms. The maximum atomic E-state index is 10.1. The number of carbonyl (C=O) groups is 1. The van der Waals surface area contributed by atoms with Gasteiger partial charge in [-0.3, -0.25) is 14.7 Å². The Morgan fingerprint density at radius 1 is 1.04 bits per heavy atom. The van der Waals surface area contributed by atoms with E-state index in [0.717, 1.165) is 0 Å². The topological polar surface area (TPSA) is 154 Å². The van der Waals surface area contributed by atoms with Crippen molar-refractivity contribution in [3.8, 4) is 11.5 Å². The zero-order chi connectivity index (χ0) is 19.1. The van der Waals surface area contributed by atoms with Gasteiger partial charge in [-0.2, -0.15) is 0 Å². The molecule has 1 aromatic rings. The van der Waals surface area contributed by atoms with Crippen LogP contribution >= 0.6 is 0 Å². The zero-order valence-corrected chi connectivity index (χ0v) is 14.0. The third-order valence-electron chi connectivity index (χ3n) is 2.98. The lowest BCUT2D eigenvalue weighted by Gasteiger charge is -2.17. The second-order valence-electron chi connectivity index (χ2n) is 4.95. The van der Waals surface area contributed by atoms with Crippen LogP contribution in [0.25, 0.3) is 0 Å². The van der Waals surface area contributed by atoms with Crippen LogP contribution in [0, 0.1) is 0 Å². The van der Waals surface area contributed by atoms with Crippen LogP contribution in [0.4, 0.5) is 0 Å². The van der Waals surface area contributed by atoms with E-state index in [1.807, 2.05) is 0 Å². The van der Waals surface area contributed by atoms with Gasteiger partial charge in [-0.25, -0.2) is 0 Å². The molecule has 0 heterocycles. The van der Waals surface area contributed by atoms with Gasteiger partial charge in [0.25, 0.3) is 0 Å². The number of phenolic OH excluding ortho intramolecular Hbond substituents is 2. The van der Waals surface area contributed by atoms with E-state index >= 15 is 0 Å². The number of carboxylic acids is 1. The van der Waals surface area contributed by atoms with Gasteiger partial charge in [0.05, 0.1) is 19.8 Å². The molecule has 0 aliphatic carbocycles. The third-order valence-corrected chi connectivity index (χ3v) is 2.98. The molecular weight excluding hydrogens is 332 g/mol. The summed E-state index contributed by atoms with van der Waals surface area (Å²) >= 11 is 0. The number of aliphatic hydroxyl groups is 3. The van der Waals surface area contributed by atoms with Crippen LogP contribution in [0.3, 0.4) is 0 Å².